The fourth-order valence-corrected chi connectivity index (χ4v) is 6.21. The fraction of sp³-hybridized carbons (Fsp3) is 0.917. The average Bonchev–Trinajstić information content (AvgIpc) is 3.21. The first-order valence-electron chi connectivity index (χ1n) is 24.5. The van der Waals surface area contributed by atoms with Crippen molar-refractivity contribution in [2.75, 3.05) is 78.7 Å². The minimum atomic E-state index is -1.08. The molecule has 12 nitrogen and oxygen atoms in total. The molecule has 12 heteroatoms. The van der Waals surface area contributed by atoms with E-state index in [2.05, 4.69) is 70.9 Å². The van der Waals surface area contributed by atoms with Gasteiger partial charge in [-0.3, -0.25) is 14.4 Å². The Labute approximate surface area is 370 Å². The summed E-state index contributed by atoms with van der Waals surface area (Å²) in [7, 11) is 0. The number of quaternary nitrogens is 1. The highest BCUT2D eigenvalue weighted by molar-refractivity contribution is 5.69. The molecule has 4 N–H and O–H groups in total. The Morgan fingerprint density at radius 2 is 0.883 bits per heavy atom. The van der Waals surface area contributed by atoms with E-state index in [0.29, 0.717) is 37.9 Å². The molecule has 60 heavy (non-hydrogen) atoms. The Morgan fingerprint density at radius 1 is 0.550 bits per heavy atom. The molecule has 0 aromatic heterocycles. The summed E-state index contributed by atoms with van der Waals surface area (Å²) in [6, 6.07) is 0. The first-order chi connectivity index (χ1) is 28.8. The van der Waals surface area contributed by atoms with Crippen molar-refractivity contribution in [1.82, 2.24) is 15.5 Å². The van der Waals surface area contributed by atoms with Crippen molar-refractivity contribution in [2.45, 2.75) is 198 Å². The Balaban J connectivity index is -0.000000442. The van der Waals surface area contributed by atoms with Crippen molar-refractivity contribution in [3.63, 3.8) is 0 Å². The Kier molecular flexibility index (Phi) is 56.7. The Morgan fingerprint density at radius 3 is 1.23 bits per heavy atom. The van der Waals surface area contributed by atoms with E-state index in [4.69, 9.17) is 29.3 Å². The largest absolute Gasteiger partial charge is 0.550 e. The summed E-state index contributed by atoms with van der Waals surface area (Å²) in [5, 5.41) is 23.1. The zero-order valence-corrected chi connectivity index (χ0v) is 41.0. The van der Waals surface area contributed by atoms with Crippen LogP contribution >= 0.6 is 0 Å². The van der Waals surface area contributed by atoms with Crippen molar-refractivity contribution in [3.8, 4) is 0 Å². The van der Waals surface area contributed by atoms with Gasteiger partial charge in [-0.15, -0.1) is 0 Å². The van der Waals surface area contributed by atoms with E-state index < -0.39 is 11.9 Å². The third-order valence-corrected chi connectivity index (χ3v) is 10.2. The number of carbonyl (C=O) groups is 4. The number of esters is 2. The number of nitrogens with one attached hydrogen (secondary N) is 3. The highest BCUT2D eigenvalue weighted by atomic mass is 16.5. The number of aliphatic carboxylic acids is 2. The summed E-state index contributed by atoms with van der Waals surface area (Å²) in [4.78, 5) is 45.9. The predicted molar refractivity (Wildman–Crippen MR) is 248 cm³/mol. The van der Waals surface area contributed by atoms with Gasteiger partial charge >= 0.3 is 11.9 Å². The molecule has 0 amide bonds. The number of carboxylic acids is 2. The molecule has 0 aliphatic carbocycles. The van der Waals surface area contributed by atoms with Crippen LogP contribution in [0.25, 0.3) is 0 Å². The van der Waals surface area contributed by atoms with Crippen LogP contribution in [0.15, 0.2) is 0 Å². The standard InChI is InChI=1S/2C22H46N2O2.2C2H4O2/c2*1-5-9-13-21(8-4)20-26-22(25)14-16-23-15-12-19-24(17-10-6-2)18-11-7-3;2*1-2(3)4/h2*21,23H,5-20H2,1-4H3;2*1H3,(H,3,4). The number of carboxylic acid groups (broad SMARTS) is 2. The summed E-state index contributed by atoms with van der Waals surface area (Å²) in [6.07, 6.45) is 23.1. The molecular weight excluding hydrogens is 761 g/mol. The molecule has 2 unspecified atom stereocenters. The van der Waals surface area contributed by atoms with Gasteiger partial charge in [0.25, 0.3) is 5.97 Å². The minimum absolute atomic E-state index is 0.0504. The molecule has 0 fully saturated rings. The lowest BCUT2D eigenvalue weighted by atomic mass is 10.0. The SMILES string of the molecule is CC(=O)O.CC(=O)[O-].CCCCC(CC)COC(=O)CCNCCCN(CCCC)CCCC.CCCCC(CC)COC(=O)CCNCCC[NH+](CCCC)CCCC. The van der Waals surface area contributed by atoms with Crippen LogP contribution < -0.4 is 20.6 Å². The van der Waals surface area contributed by atoms with Crippen LogP contribution in [0.2, 0.25) is 0 Å². The molecule has 0 aromatic carbocycles. The highest BCUT2D eigenvalue weighted by Crippen LogP contribution is 2.14. The number of hydrogen-bond acceptors (Lipinski definition) is 10. The van der Waals surface area contributed by atoms with Gasteiger partial charge in [-0.25, -0.2) is 0 Å². The summed E-state index contributed by atoms with van der Waals surface area (Å²) < 4.78 is 10.9. The number of unbranched alkanes of at least 4 members (excludes halogenated alkanes) is 6. The average molecular weight is 861 g/mol. The quantitative estimate of drug-likeness (QED) is 0.0360. The zero-order chi connectivity index (χ0) is 46.1. The highest BCUT2D eigenvalue weighted by Gasteiger charge is 2.12. The summed E-state index contributed by atoms with van der Waals surface area (Å²) in [5.74, 6) is -0.957. The van der Waals surface area contributed by atoms with E-state index in [-0.39, 0.29) is 11.9 Å². The third-order valence-electron chi connectivity index (χ3n) is 10.2. The number of carbonyl (C=O) groups excluding carboxylic acids is 3. The first-order valence-corrected chi connectivity index (χ1v) is 24.5. The van der Waals surface area contributed by atoms with E-state index >= 15 is 0 Å². The molecule has 0 aromatic rings. The van der Waals surface area contributed by atoms with E-state index in [9.17, 15) is 9.59 Å². The van der Waals surface area contributed by atoms with Crippen LogP contribution in [0.5, 0.6) is 0 Å². The number of rotatable bonds is 38. The second-order valence-electron chi connectivity index (χ2n) is 16.2. The van der Waals surface area contributed by atoms with Crippen molar-refractivity contribution in [1.29, 1.82) is 0 Å². The maximum atomic E-state index is 11.8. The molecule has 0 heterocycles. The van der Waals surface area contributed by atoms with Gasteiger partial charge in [0.15, 0.2) is 0 Å². The lowest BCUT2D eigenvalue weighted by molar-refractivity contribution is -0.900. The fourth-order valence-electron chi connectivity index (χ4n) is 6.21. The van der Waals surface area contributed by atoms with Crippen LogP contribution in [0.1, 0.15) is 198 Å². The topological polar surface area (TPSA) is 162 Å². The maximum Gasteiger partial charge on any atom is 0.307 e. The lowest BCUT2D eigenvalue weighted by Gasteiger charge is -2.21. The van der Waals surface area contributed by atoms with Crippen molar-refractivity contribution in [2.24, 2.45) is 11.8 Å². The van der Waals surface area contributed by atoms with Gasteiger partial charge in [-0.05, 0) is 89.9 Å². The number of nitrogens with zero attached hydrogens (tertiary/aromatic N) is 1. The molecule has 0 saturated heterocycles. The van der Waals surface area contributed by atoms with Gasteiger partial charge < -0.3 is 44.9 Å². The molecule has 0 aliphatic heterocycles. The number of hydrogen-bond donors (Lipinski definition) is 4. The normalized spacial score (nSPS) is 11.7. The molecular formula is C48H100N4O8. The summed E-state index contributed by atoms with van der Waals surface area (Å²) in [6.45, 7) is 32.0. The number of ether oxygens (including phenoxy) is 2. The van der Waals surface area contributed by atoms with Crippen molar-refractivity contribution >= 4 is 23.9 Å². The molecule has 0 rings (SSSR count). The van der Waals surface area contributed by atoms with Crippen molar-refractivity contribution < 1.29 is 43.8 Å². The smallest absolute Gasteiger partial charge is 0.307 e. The predicted octanol–water partition coefficient (Wildman–Crippen LogP) is 7.47. The van der Waals surface area contributed by atoms with Gasteiger partial charge in [0.05, 0.1) is 45.7 Å². The Bertz CT molecular complexity index is 831. The zero-order valence-electron chi connectivity index (χ0n) is 41.0. The Hall–Kier alpha value is -2.28. The second kappa shape index (κ2) is 52.9. The van der Waals surface area contributed by atoms with E-state index in [1.165, 1.54) is 129 Å². The monoisotopic (exact) mass is 861 g/mol. The third kappa shape index (κ3) is 57.8. The van der Waals surface area contributed by atoms with Crippen LogP contribution in [0, 0.1) is 11.8 Å². The van der Waals surface area contributed by atoms with Crippen LogP contribution in [0.3, 0.4) is 0 Å². The summed E-state index contributed by atoms with van der Waals surface area (Å²) in [5.41, 5.74) is 0. The van der Waals surface area contributed by atoms with Gasteiger partial charge in [-0.1, -0.05) is 120 Å². The molecule has 0 radical (unpaired) electrons. The van der Waals surface area contributed by atoms with Crippen LogP contribution in [-0.2, 0) is 28.7 Å². The molecule has 0 spiro atoms. The van der Waals surface area contributed by atoms with E-state index in [0.717, 1.165) is 65.8 Å². The molecule has 360 valence electrons. The van der Waals surface area contributed by atoms with Crippen LogP contribution in [0.4, 0.5) is 0 Å². The maximum absolute atomic E-state index is 11.8. The lowest BCUT2D eigenvalue weighted by Crippen LogP contribution is -3.12. The van der Waals surface area contributed by atoms with Gasteiger partial charge in [0.2, 0.25) is 0 Å². The molecule has 0 bridgehead atoms. The van der Waals surface area contributed by atoms with E-state index in [1.54, 1.807) is 4.90 Å². The van der Waals surface area contributed by atoms with Gasteiger partial charge in [0.1, 0.15) is 0 Å². The van der Waals surface area contributed by atoms with Gasteiger partial charge in [0, 0.05) is 38.9 Å². The molecule has 2 atom stereocenters. The van der Waals surface area contributed by atoms with Crippen molar-refractivity contribution in [3.05, 3.63) is 0 Å². The van der Waals surface area contributed by atoms with Gasteiger partial charge in [-0.2, -0.15) is 0 Å². The first kappa shape index (κ1) is 64.3. The minimum Gasteiger partial charge on any atom is -0.550 e. The molecule has 0 aliphatic rings. The summed E-state index contributed by atoms with van der Waals surface area (Å²) >= 11 is 0. The van der Waals surface area contributed by atoms with E-state index in [1.807, 2.05) is 0 Å². The second-order valence-corrected chi connectivity index (χ2v) is 16.2. The molecule has 0 saturated carbocycles. The van der Waals surface area contributed by atoms with Crippen LogP contribution in [-0.4, -0.2) is 113 Å².